The number of aromatic nitrogens is 5. The van der Waals surface area contributed by atoms with Crippen molar-refractivity contribution in [2.75, 3.05) is 11.9 Å². The summed E-state index contributed by atoms with van der Waals surface area (Å²) in [6.07, 6.45) is 6.14. The first-order valence-corrected chi connectivity index (χ1v) is 12.1. The van der Waals surface area contributed by atoms with Gasteiger partial charge in [0.1, 0.15) is 5.39 Å². The molecule has 2 aliphatic carbocycles. The quantitative estimate of drug-likeness (QED) is 0.466. The van der Waals surface area contributed by atoms with Crippen molar-refractivity contribution >= 4 is 22.7 Å². The Labute approximate surface area is 201 Å². The van der Waals surface area contributed by atoms with E-state index in [0.29, 0.717) is 22.8 Å². The molecule has 2 N–H and O–H groups in total. The van der Waals surface area contributed by atoms with Crippen molar-refractivity contribution in [3.8, 4) is 11.9 Å². The number of benzene rings is 1. The molecular weight excluding hydrogens is 440 g/mol. The topological polar surface area (TPSA) is 113 Å². The van der Waals surface area contributed by atoms with Crippen LogP contribution in [0.3, 0.4) is 0 Å². The summed E-state index contributed by atoms with van der Waals surface area (Å²) in [5.74, 6) is 1.03. The van der Waals surface area contributed by atoms with Gasteiger partial charge in [0, 0.05) is 18.4 Å². The lowest BCUT2D eigenvalue weighted by Crippen LogP contribution is -2.23. The molecule has 2 saturated carbocycles. The van der Waals surface area contributed by atoms with Crippen LogP contribution in [-0.2, 0) is 18.4 Å². The second kappa shape index (κ2) is 7.48. The van der Waals surface area contributed by atoms with Crippen LogP contribution in [0.1, 0.15) is 48.5 Å². The maximum absolute atomic E-state index is 13.3. The molecule has 2 fully saturated rings. The number of fused-ring (bicyclic) bond motifs is 2. The molecule has 3 aliphatic rings. The normalized spacial score (nSPS) is 18.1. The number of nitrogens with zero attached hydrogens (tertiary/aromatic N) is 6. The van der Waals surface area contributed by atoms with E-state index in [-0.39, 0.29) is 11.6 Å². The highest BCUT2D eigenvalue weighted by Gasteiger charge is 2.46. The summed E-state index contributed by atoms with van der Waals surface area (Å²) in [4.78, 5) is 27.4. The highest BCUT2D eigenvalue weighted by molar-refractivity contribution is 5.77. The van der Waals surface area contributed by atoms with Crippen LogP contribution in [0.4, 0.5) is 11.6 Å². The van der Waals surface area contributed by atoms with Gasteiger partial charge in [-0.3, -0.25) is 4.79 Å². The van der Waals surface area contributed by atoms with Crippen LogP contribution in [-0.4, -0.2) is 30.9 Å². The molecule has 7 rings (SSSR count). The smallest absolute Gasteiger partial charge is 0.278 e. The Hall–Kier alpha value is -4.03. The second-order valence-corrected chi connectivity index (χ2v) is 9.73. The van der Waals surface area contributed by atoms with Gasteiger partial charge < -0.3 is 10.6 Å². The zero-order valence-electron chi connectivity index (χ0n) is 19.2. The van der Waals surface area contributed by atoms with Gasteiger partial charge in [0.25, 0.3) is 5.56 Å². The molecule has 3 aromatic heterocycles. The van der Waals surface area contributed by atoms with Gasteiger partial charge in [-0.15, -0.1) is 0 Å². The van der Waals surface area contributed by atoms with Crippen molar-refractivity contribution in [2.24, 2.45) is 0 Å². The van der Waals surface area contributed by atoms with Crippen LogP contribution in [0.15, 0.2) is 47.4 Å². The van der Waals surface area contributed by atoms with Crippen molar-refractivity contribution in [1.29, 1.82) is 5.26 Å². The number of rotatable bonds is 5. The molecule has 0 radical (unpaired) electrons. The third-order valence-corrected chi connectivity index (χ3v) is 7.27. The lowest BCUT2D eigenvalue weighted by atomic mass is 10.0. The van der Waals surface area contributed by atoms with Gasteiger partial charge >= 0.3 is 0 Å². The predicted molar refractivity (Wildman–Crippen MR) is 131 cm³/mol. The third kappa shape index (κ3) is 3.33. The van der Waals surface area contributed by atoms with E-state index in [1.807, 2.05) is 28.9 Å². The maximum Gasteiger partial charge on any atom is 0.278 e. The lowest BCUT2D eigenvalue weighted by molar-refractivity contribution is 0.551. The fourth-order valence-electron chi connectivity index (χ4n) is 4.97. The summed E-state index contributed by atoms with van der Waals surface area (Å²) in [5.41, 5.74) is 4.20. The molecule has 0 amide bonds. The Morgan fingerprint density at radius 3 is 2.83 bits per heavy atom. The molecule has 0 spiro atoms. The molecule has 0 unspecified atom stereocenters. The van der Waals surface area contributed by atoms with Crippen LogP contribution in [0.2, 0.25) is 0 Å². The Balaban J connectivity index is 1.34. The molecule has 0 bridgehead atoms. The molecule has 1 aliphatic heterocycles. The number of hydrogen-bond acceptors (Lipinski definition) is 7. The van der Waals surface area contributed by atoms with E-state index in [9.17, 15) is 10.1 Å². The Morgan fingerprint density at radius 2 is 2.03 bits per heavy atom. The summed E-state index contributed by atoms with van der Waals surface area (Å²) >= 11 is 0. The van der Waals surface area contributed by atoms with Crippen LogP contribution in [0, 0.1) is 11.3 Å². The van der Waals surface area contributed by atoms with Gasteiger partial charge in [0.2, 0.25) is 5.95 Å². The van der Waals surface area contributed by atoms with Crippen molar-refractivity contribution in [3.05, 3.63) is 69.8 Å². The highest BCUT2D eigenvalue weighted by atomic mass is 16.1. The predicted octanol–water partition coefficient (Wildman–Crippen LogP) is 3.26. The first-order valence-electron chi connectivity index (χ1n) is 12.1. The van der Waals surface area contributed by atoms with Crippen molar-refractivity contribution < 1.29 is 0 Å². The van der Waals surface area contributed by atoms with Crippen LogP contribution < -0.4 is 16.2 Å². The lowest BCUT2D eigenvalue weighted by Gasteiger charge is -2.18. The first-order chi connectivity index (χ1) is 17.1. The summed E-state index contributed by atoms with van der Waals surface area (Å²) in [5, 5.41) is 16.8. The van der Waals surface area contributed by atoms with Gasteiger partial charge in [-0.25, -0.2) is 19.3 Å². The van der Waals surface area contributed by atoms with Gasteiger partial charge in [0.15, 0.2) is 11.5 Å². The zero-order chi connectivity index (χ0) is 23.6. The monoisotopic (exact) mass is 464 g/mol. The number of nitrogens with one attached hydrogen (secondary N) is 2. The largest absolute Gasteiger partial charge is 0.324 e. The molecule has 4 heterocycles. The van der Waals surface area contributed by atoms with Crippen molar-refractivity contribution in [2.45, 2.75) is 50.1 Å². The Kier molecular flexibility index (Phi) is 4.35. The van der Waals surface area contributed by atoms with Crippen LogP contribution in [0.5, 0.6) is 0 Å². The summed E-state index contributed by atoms with van der Waals surface area (Å²) in [6.45, 7) is 1.85. The molecule has 0 saturated heterocycles. The van der Waals surface area contributed by atoms with Gasteiger partial charge in [0.05, 0.1) is 23.2 Å². The SMILES string of the molecule is N#CC1(c2cccc(-n3c4nc(Nc5ccc6c(c5)CNCC6)ncc4c(=O)n3C3CC3)n2)CC1. The van der Waals surface area contributed by atoms with E-state index in [4.69, 9.17) is 9.97 Å². The Morgan fingerprint density at radius 1 is 1.14 bits per heavy atom. The van der Waals surface area contributed by atoms with E-state index in [0.717, 1.165) is 56.6 Å². The van der Waals surface area contributed by atoms with E-state index >= 15 is 0 Å². The van der Waals surface area contributed by atoms with Crippen LogP contribution in [0.25, 0.3) is 16.9 Å². The maximum atomic E-state index is 13.3. The van der Waals surface area contributed by atoms with Crippen LogP contribution >= 0.6 is 0 Å². The number of nitriles is 1. The average molecular weight is 465 g/mol. The van der Waals surface area contributed by atoms with E-state index in [1.165, 1.54) is 11.1 Å². The summed E-state index contributed by atoms with van der Waals surface area (Å²) in [7, 11) is 0. The van der Waals surface area contributed by atoms with E-state index < -0.39 is 5.41 Å². The summed E-state index contributed by atoms with van der Waals surface area (Å²) in [6, 6.07) is 14.5. The minimum Gasteiger partial charge on any atom is -0.324 e. The van der Waals surface area contributed by atoms with Gasteiger partial charge in [-0.2, -0.15) is 10.2 Å². The summed E-state index contributed by atoms with van der Waals surface area (Å²) < 4.78 is 3.57. The molecule has 4 aromatic rings. The minimum atomic E-state index is -0.507. The molecular formula is C26H24N8O. The minimum absolute atomic E-state index is 0.109. The fourth-order valence-corrected chi connectivity index (χ4v) is 4.97. The van der Waals surface area contributed by atoms with Crippen molar-refractivity contribution in [1.82, 2.24) is 29.6 Å². The molecule has 9 nitrogen and oxygen atoms in total. The van der Waals surface area contributed by atoms with Crippen molar-refractivity contribution in [3.63, 3.8) is 0 Å². The third-order valence-electron chi connectivity index (χ3n) is 7.27. The van der Waals surface area contributed by atoms with Gasteiger partial charge in [-0.1, -0.05) is 12.1 Å². The zero-order valence-corrected chi connectivity index (χ0v) is 19.2. The van der Waals surface area contributed by atoms with E-state index in [1.54, 1.807) is 10.9 Å². The fraction of sp³-hybridized carbons (Fsp3) is 0.346. The second-order valence-electron chi connectivity index (χ2n) is 9.73. The number of anilines is 2. The van der Waals surface area contributed by atoms with Gasteiger partial charge in [-0.05, 0) is 74.0 Å². The number of hydrogen-bond donors (Lipinski definition) is 2. The first kappa shape index (κ1) is 20.4. The highest BCUT2D eigenvalue weighted by Crippen LogP contribution is 2.46. The standard InChI is InChI=1S/C26H24N8O/c27-15-26(9-10-26)21-2-1-3-22(31-21)34-23-20(24(35)33(34)19-6-7-19)14-29-25(32-23)30-18-5-4-16-8-11-28-13-17(16)12-18/h1-5,12,14,19,28H,6-11,13H2,(H,29,30,32). The Bertz CT molecular complexity index is 1590. The molecule has 9 heteroatoms. The molecule has 35 heavy (non-hydrogen) atoms. The molecule has 1 aromatic carbocycles. The average Bonchev–Trinajstić information content (AvgIpc) is 3.82. The molecule has 0 atom stereocenters. The number of pyridine rings is 1. The van der Waals surface area contributed by atoms with E-state index in [2.05, 4.69) is 33.8 Å². The molecule has 174 valence electrons.